The van der Waals surface area contributed by atoms with E-state index in [0.29, 0.717) is 12.0 Å². The molecule has 1 saturated heterocycles. The lowest BCUT2D eigenvalue weighted by Crippen LogP contribution is -2.19. The third-order valence-corrected chi connectivity index (χ3v) is 2.56. The standard InChI is InChI=1S/C12H25NO2/c1-11(2)10-14-8-9-15-12-4-3-6-13-7-5-12/h11-13H,3-10H2,1-2H3. The van der Waals surface area contributed by atoms with Crippen LogP contribution < -0.4 is 5.32 Å². The Bertz CT molecular complexity index is 143. The quantitative estimate of drug-likeness (QED) is 0.686. The highest BCUT2D eigenvalue weighted by Crippen LogP contribution is 2.09. The first-order valence-corrected chi connectivity index (χ1v) is 6.19. The summed E-state index contributed by atoms with van der Waals surface area (Å²) >= 11 is 0. The first-order valence-electron chi connectivity index (χ1n) is 6.19. The summed E-state index contributed by atoms with van der Waals surface area (Å²) in [5, 5.41) is 3.38. The van der Waals surface area contributed by atoms with Crippen molar-refractivity contribution in [1.29, 1.82) is 0 Å². The van der Waals surface area contributed by atoms with E-state index in [2.05, 4.69) is 19.2 Å². The van der Waals surface area contributed by atoms with E-state index in [1.807, 2.05) is 0 Å². The van der Waals surface area contributed by atoms with E-state index < -0.39 is 0 Å². The van der Waals surface area contributed by atoms with Crippen molar-refractivity contribution in [2.45, 2.75) is 39.2 Å². The van der Waals surface area contributed by atoms with Crippen molar-refractivity contribution in [1.82, 2.24) is 5.32 Å². The number of rotatable bonds is 6. The minimum Gasteiger partial charge on any atom is -0.379 e. The predicted octanol–water partition coefficient (Wildman–Crippen LogP) is 1.82. The van der Waals surface area contributed by atoms with Gasteiger partial charge in [-0.2, -0.15) is 0 Å². The molecule has 1 aliphatic rings. The summed E-state index contributed by atoms with van der Waals surface area (Å²) in [4.78, 5) is 0. The zero-order valence-electron chi connectivity index (χ0n) is 10.1. The van der Waals surface area contributed by atoms with E-state index >= 15 is 0 Å². The fourth-order valence-corrected chi connectivity index (χ4v) is 1.75. The molecule has 3 nitrogen and oxygen atoms in total. The summed E-state index contributed by atoms with van der Waals surface area (Å²) in [7, 11) is 0. The molecule has 1 N–H and O–H groups in total. The molecule has 1 rings (SSSR count). The second-order valence-corrected chi connectivity index (χ2v) is 4.64. The minimum atomic E-state index is 0.447. The minimum absolute atomic E-state index is 0.447. The van der Waals surface area contributed by atoms with Crippen LogP contribution in [0.2, 0.25) is 0 Å². The van der Waals surface area contributed by atoms with Crippen LogP contribution in [0.25, 0.3) is 0 Å². The smallest absolute Gasteiger partial charge is 0.0704 e. The van der Waals surface area contributed by atoms with E-state index in [9.17, 15) is 0 Å². The van der Waals surface area contributed by atoms with Crippen LogP contribution in [0, 0.1) is 5.92 Å². The molecule has 0 bridgehead atoms. The maximum Gasteiger partial charge on any atom is 0.0704 e. The molecule has 0 aromatic rings. The molecule has 1 aliphatic heterocycles. The van der Waals surface area contributed by atoms with Crippen molar-refractivity contribution in [3.05, 3.63) is 0 Å². The molecule has 3 heteroatoms. The molecule has 0 radical (unpaired) electrons. The Morgan fingerprint density at radius 1 is 1.20 bits per heavy atom. The third-order valence-electron chi connectivity index (χ3n) is 2.56. The zero-order valence-corrected chi connectivity index (χ0v) is 10.1. The van der Waals surface area contributed by atoms with Crippen LogP contribution >= 0.6 is 0 Å². The maximum absolute atomic E-state index is 5.78. The summed E-state index contributed by atoms with van der Waals surface area (Å²) < 4.78 is 11.3. The highest BCUT2D eigenvalue weighted by atomic mass is 16.5. The highest BCUT2D eigenvalue weighted by Gasteiger charge is 2.11. The molecule has 1 heterocycles. The van der Waals surface area contributed by atoms with Gasteiger partial charge in [-0.1, -0.05) is 13.8 Å². The molecule has 1 fully saturated rings. The molecule has 0 amide bonds. The Kier molecular flexibility index (Phi) is 6.98. The van der Waals surface area contributed by atoms with Gasteiger partial charge < -0.3 is 14.8 Å². The first kappa shape index (κ1) is 12.9. The van der Waals surface area contributed by atoms with Crippen molar-refractivity contribution in [3.63, 3.8) is 0 Å². The summed E-state index contributed by atoms with van der Waals surface area (Å²) in [5.41, 5.74) is 0. The SMILES string of the molecule is CC(C)COCCOC1CCCNCC1. The van der Waals surface area contributed by atoms with E-state index in [-0.39, 0.29) is 0 Å². The molecule has 90 valence electrons. The molecule has 0 spiro atoms. The summed E-state index contributed by atoms with van der Waals surface area (Å²) in [6, 6.07) is 0. The molecule has 15 heavy (non-hydrogen) atoms. The fraction of sp³-hybridized carbons (Fsp3) is 1.00. The van der Waals surface area contributed by atoms with Crippen LogP contribution in [0.5, 0.6) is 0 Å². The van der Waals surface area contributed by atoms with Gasteiger partial charge in [-0.3, -0.25) is 0 Å². The van der Waals surface area contributed by atoms with Gasteiger partial charge in [0.25, 0.3) is 0 Å². The van der Waals surface area contributed by atoms with Crippen molar-refractivity contribution < 1.29 is 9.47 Å². The van der Waals surface area contributed by atoms with Crippen LogP contribution in [0.4, 0.5) is 0 Å². The van der Waals surface area contributed by atoms with Crippen LogP contribution in [0.1, 0.15) is 33.1 Å². The number of nitrogens with one attached hydrogen (secondary N) is 1. The van der Waals surface area contributed by atoms with Gasteiger partial charge in [0.05, 0.1) is 19.3 Å². The van der Waals surface area contributed by atoms with Gasteiger partial charge >= 0.3 is 0 Å². The Morgan fingerprint density at radius 2 is 2.07 bits per heavy atom. The Labute approximate surface area is 93.5 Å². The van der Waals surface area contributed by atoms with Crippen LogP contribution in [-0.2, 0) is 9.47 Å². The number of hydrogen-bond acceptors (Lipinski definition) is 3. The molecular weight excluding hydrogens is 190 g/mol. The van der Waals surface area contributed by atoms with E-state index in [1.54, 1.807) is 0 Å². The zero-order chi connectivity index (χ0) is 10.9. The van der Waals surface area contributed by atoms with Crippen molar-refractivity contribution >= 4 is 0 Å². The molecule has 1 atom stereocenters. The predicted molar refractivity (Wildman–Crippen MR) is 62.1 cm³/mol. The van der Waals surface area contributed by atoms with Gasteiger partial charge in [-0.15, -0.1) is 0 Å². The fourth-order valence-electron chi connectivity index (χ4n) is 1.75. The summed E-state index contributed by atoms with van der Waals surface area (Å²) in [6.07, 6.45) is 4.02. The Balaban J connectivity index is 1.94. The third kappa shape index (κ3) is 6.88. The lowest BCUT2D eigenvalue weighted by Gasteiger charge is -2.15. The second-order valence-electron chi connectivity index (χ2n) is 4.64. The molecule has 1 unspecified atom stereocenters. The average molecular weight is 215 g/mol. The van der Waals surface area contributed by atoms with E-state index in [1.165, 1.54) is 12.8 Å². The molecular formula is C12H25NO2. The van der Waals surface area contributed by atoms with Crippen LogP contribution in [0.15, 0.2) is 0 Å². The monoisotopic (exact) mass is 215 g/mol. The van der Waals surface area contributed by atoms with Crippen molar-refractivity contribution in [2.24, 2.45) is 5.92 Å². The topological polar surface area (TPSA) is 30.5 Å². The van der Waals surface area contributed by atoms with Gasteiger partial charge in [-0.05, 0) is 38.3 Å². The molecule has 0 aliphatic carbocycles. The lowest BCUT2D eigenvalue weighted by molar-refractivity contribution is -0.00479. The average Bonchev–Trinajstić information content (AvgIpc) is 2.45. The van der Waals surface area contributed by atoms with Crippen LogP contribution in [-0.4, -0.2) is 39.0 Å². The number of ether oxygens (including phenoxy) is 2. The molecule has 0 saturated carbocycles. The maximum atomic E-state index is 5.78. The summed E-state index contributed by atoms with van der Waals surface area (Å²) in [6.45, 7) is 8.89. The second kappa shape index (κ2) is 8.08. The van der Waals surface area contributed by atoms with E-state index in [0.717, 1.165) is 39.3 Å². The van der Waals surface area contributed by atoms with E-state index in [4.69, 9.17) is 9.47 Å². The van der Waals surface area contributed by atoms with Crippen molar-refractivity contribution in [3.8, 4) is 0 Å². The van der Waals surface area contributed by atoms with Gasteiger partial charge in [0.2, 0.25) is 0 Å². The van der Waals surface area contributed by atoms with Crippen LogP contribution in [0.3, 0.4) is 0 Å². The number of hydrogen-bond donors (Lipinski definition) is 1. The van der Waals surface area contributed by atoms with Gasteiger partial charge in [-0.25, -0.2) is 0 Å². The Hall–Kier alpha value is -0.120. The largest absolute Gasteiger partial charge is 0.379 e. The Morgan fingerprint density at radius 3 is 2.87 bits per heavy atom. The molecule has 0 aromatic heterocycles. The van der Waals surface area contributed by atoms with Crippen molar-refractivity contribution in [2.75, 3.05) is 32.9 Å². The summed E-state index contributed by atoms with van der Waals surface area (Å²) in [5.74, 6) is 0.618. The van der Waals surface area contributed by atoms with Gasteiger partial charge in [0.1, 0.15) is 0 Å². The first-order chi connectivity index (χ1) is 7.29. The molecule has 0 aromatic carbocycles. The lowest BCUT2D eigenvalue weighted by atomic mass is 10.2. The normalized spacial score (nSPS) is 23.0. The highest BCUT2D eigenvalue weighted by molar-refractivity contribution is 4.66. The van der Waals surface area contributed by atoms with Gasteiger partial charge in [0, 0.05) is 6.61 Å². The van der Waals surface area contributed by atoms with Gasteiger partial charge in [0.15, 0.2) is 0 Å².